The van der Waals surface area contributed by atoms with Gasteiger partial charge in [-0.2, -0.15) is 0 Å². The van der Waals surface area contributed by atoms with Crippen molar-refractivity contribution in [1.82, 2.24) is 10.2 Å². The van der Waals surface area contributed by atoms with E-state index < -0.39 is 6.36 Å². The van der Waals surface area contributed by atoms with Crippen molar-refractivity contribution in [3.8, 4) is 11.5 Å². The number of methoxy groups -OCH3 is 1. The highest BCUT2D eigenvalue weighted by molar-refractivity contribution is 5.85. The van der Waals surface area contributed by atoms with E-state index in [1.54, 1.807) is 18.4 Å². The van der Waals surface area contributed by atoms with Crippen molar-refractivity contribution in [2.75, 3.05) is 33.3 Å². The van der Waals surface area contributed by atoms with Gasteiger partial charge in [-0.05, 0) is 24.3 Å². The molecule has 0 radical (unpaired) electrons. The Balaban J connectivity index is 0.00000243. The van der Waals surface area contributed by atoms with Crippen LogP contribution in [0.15, 0.2) is 41.0 Å². The third-order valence-electron chi connectivity index (χ3n) is 4.06. The largest absolute Gasteiger partial charge is 0.573 e. The first-order valence-electron chi connectivity index (χ1n) is 7.90. The van der Waals surface area contributed by atoms with Crippen LogP contribution in [0.3, 0.4) is 0 Å². The Morgan fingerprint density at radius 1 is 1.19 bits per heavy atom. The van der Waals surface area contributed by atoms with E-state index in [0.29, 0.717) is 11.5 Å². The van der Waals surface area contributed by atoms with Crippen LogP contribution in [-0.4, -0.2) is 44.6 Å². The van der Waals surface area contributed by atoms with Gasteiger partial charge in [0.2, 0.25) is 0 Å². The highest BCUT2D eigenvalue weighted by Gasteiger charge is 2.33. The lowest BCUT2D eigenvalue weighted by atomic mass is 10.0. The number of ether oxygens (including phenoxy) is 2. The van der Waals surface area contributed by atoms with E-state index in [4.69, 9.17) is 9.15 Å². The summed E-state index contributed by atoms with van der Waals surface area (Å²) < 4.78 is 52.3. The minimum absolute atomic E-state index is 0. The Morgan fingerprint density at radius 3 is 2.50 bits per heavy atom. The van der Waals surface area contributed by atoms with Crippen LogP contribution in [0, 0.1) is 0 Å². The van der Waals surface area contributed by atoms with Gasteiger partial charge in [0, 0.05) is 37.8 Å². The van der Waals surface area contributed by atoms with Crippen LogP contribution in [0.5, 0.6) is 11.5 Å². The van der Waals surface area contributed by atoms with Crippen molar-refractivity contribution >= 4 is 12.4 Å². The number of furan rings is 1. The van der Waals surface area contributed by atoms with Crippen LogP contribution in [0.25, 0.3) is 0 Å². The average Bonchev–Trinajstić information content (AvgIpc) is 3.10. The molecule has 1 N–H and O–H groups in total. The predicted octanol–water partition coefficient (Wildman–Crippen LogP) is 3.60. The number of benzene rings is 1. The number of alkyl halides is 3. The molecule has 1 aromatic carbocycles. The van der Waals surface area contributed by atoms with Crippen LogP contribution >= 0.6 is 12.4 Å². The zero-order valence-corrected chi connectivity index (χ0v) is 14.9. The van der Waals surface area contributed by atoms with Crippen molar-refractivity contribution in [1.29, 1.82) is 0 Å². The van der Waals surface area contributed by atoms with E-state index in [1.807, 2.05) is 6.07 Å². The van der Waals surface area contributed by atoms with Crippen LogP contribution in [-0.2, 0) is 0 Å². The summed E-state index contributed by atoms with van der Waals surface area (Å²) in [5.74, 6) is 0.720. The van der Waals surface area contributed by atoms with Crippen molar-refractivity contribution in [2.24, 2.45) is 0 Å². The molecule has 0 aliphatic carbocycles. The lowest BCUT2D eigenvalue weighted by molar-refractivity contribution is -0.274. The highest BCUT2D eigenvalue weighted by Crippen LogP contribution is 2.38. The molecule has 3 rings (SSSR count). The minimum Gasteiger partial charge on any atom is -0.496 e. The Hall–Kier alpha value is -1.90. The smallest absolute Gasteiger partial charge is 0.496 e. The summed E-state index contributed by atoms with van der Waals surface area (Å²) in [6, 6.07) is 7.54. The predicted molar refractivity (Wildman–Crippen MR) is 91.9 cm³/mol. The molecule has 1 saturated heterocycles. The normalized spacial score (nSPS) is 16.6. The maximum Gasteiger partial charge on any atom is 0.573 e. The van der Waals surface area contributed by atoms with E-state index in [-0.39, 0.29) is 24.2 Å². The Morgan fingerprint density at radius 2 is 1.92 bits per heavy atom. The summed E-state index contributed by atoms with van der Waals surface area (Å²) in [5, 5.41) is 3.28. The van der Waals surface area contributed by atoms with Crippen LogP contribution in [0.2, 0.25) is 0 Å². The quantitative estimate of drug-likeness (QED) is 0.842. The molecular weight excluding hydrogens is 373 g/mol. The van der Waals surface area contributed by atoms with E-state index in [2.05, 4.69) is 15.0 Å². The molecule has 9 heteroatoms. The van der Waals surface area contributed by atoms with Crippen molar-refractivity contribution < 1.29 is 27.1 Å². The van der Waals surface area contributed by atoms with Crippen LogP contribution < -0.4 is 14.8 Å². The Bertz CT molecular complexity index is 689. The molecule has 0 bridgehead atoms. The SMILES string of the molecule is COc1cc(OC(F)(F)F)ccc1[C@@H](c1ccco1)N1CCNCC1.Cl. The third kappa shape index (κ3) is 4.84. The molecule has 1 atom stereocenters. The lowest BCUT2D eigenvalue weighted by Crippen LogP contribution is -2.45. The molecule has 1 aliphatic rings. The number of piperazine rings is 1. The zero-order chi connectivity index (χ0) is 17.9. The standard InChI is InChI=1S/C17H19F3N2O3.ClH/c1-23-15-11-12(25-17(18,19)20)4-5-13(15)16(14-3-2-10-24-14)22-8-6-21-7-9-22;/h2-5,10-11,16,21H,6-9H2,1H3;1H/t16-;/m0./s1. The summed E-state index contributed by atoms with van der Waals surface area (Å²) >= 11 is 0. The molecular formula is C17H20ClF3N2O3. The first-order valence-corrected chi connectivity index (χ1v) is 7.90. The Labute approximate surface area is 155 Å². The van der Waals surface area contributed by atoms with E-state index in [0.717, 1.165) is 31.7 Å². The maximum atomic E-state index is 12.5. The fourth-order valence-electron chi connectivity index (χ4n) is 3.03. The fraction of sp³-hybridized carbons (Fsp3) is 0.412. The van der Waals surface area contributed by atoms with Gasteiger partial charge in [-0.15, -0.1) is 25.6 Å². The van der Waals surface area contributed by atoms with Crippen molar-refractivity contribution in [2.45, 2.75) is 12.4 Å². The van der Waals surface area contributed by atoms with Gasteiger partial charge < -0.3 is 19.2 Å². The zero-order valence-electron chi connectivity index (χ0n) is 14.1. The van der Waals surface area contributed by atoms with Gasteiger partial charge in [0.05, 0.1) is 19.4 Å². The number of rotatable bonds is 5. The second kappa shape index (κ2) is 8.66. The van der Waals surface area contributed by atoms with Gasteiger partial charge in [0.15, 0.2) is 0 Å². The number of hydrogen-bond acceptors (Lipinski definition) is 5. The molecule has 1 aliphatic heterocycles. The van der Waals surface area contributed by atoms with Gasteiger partial charge in [-0.25, -0.2) is 0 Å². The minimum atomic E-state index is -4.74. The lowest BCUT2D eigenvalue weighted by Gasteiger charge is -2.34. The summed E-state index contributed by atoms with van der Waals surface area (Å²) in [6.07, 6.45) is -3.16. The van der Waals surface area contributed by atoms with Gasteiger partial charge in [-0.1, -0.05) is 0 Å². The maximum absolute atomic E-state index is 12.5. The highest BCUT2D eigenvalue weighted by atomic mass is 35.5. The number of hydrogen-bond donors (Lipinski definition) is 1. The van der Waals surface area contributed by atoms with Gasteiger partial charge in [-0.3, -0.25) is 4.90 Å². The van der Waals surface area contributed by atoms with Gasteiger partial charge >= 0.3 is 6.36 Å². The second-order valence-electron chi connectivity index (χ2n) is 5.66. The molecule has 26 heavy (non-hydrogen) atoms. The average molecular weight is 393 g/mol. The molecule has 0 saturated carbocycles. The summed E-state index contributed by atoms with van der Waals surface area (Å²) in [6.45, 7) is 3.23. The molecule has 144 valence electrons. The van der Waals surface area contributed by atoms with Crippen molar-refractivity contribution in [3.05, 3.63) is 47.9 Å². The topological polar surface area (TPSA) is 46.9 Å². The molecule has 0 unspecified atom stereocenters. The van der Waals surface area contributed by atoms with E-state index in [9.17, 15) is 13.2 Å². The molecule has 0 amide bonds. The third-order valence-corrected chi connectivity index (χ3v) is 4.06. The molecule has 2 aromatic rings. The summed E-state index contributed by atoms with van der Waals surface area (Å²) in [7, 11) is 1.42. The molecule has 1 aromatic heterocycles. The fourth-order valence-corrected chi connectivity index (χ4v) is 3.03. The number of nitrogens with zero attached hydrogens (tertiary/aromatic N) is 1. The molecule has 1 fully saturated rings. The van der Waals surface area contributed by atoms with Gasteiger partial charge in [0.25, 0.3) is 0 Å². The number of nitrogens with one attached hydrogen (secondary N) is 1. The summed E-state index contributed by atoms with van der Waals surface area (Å²) in [4.78, 5) is 2.21. The monoisotopic (exact) mass is 392 g/mol. The first kappa shape index (κ1) is 20.4. The molecule has 0 spiro atoms. The van der Waals surface area contributed by atoms with Crippen molar-refractivity contribution in [3.63, 3.8) is 0 Å². The summed E-state index contributed by atoms with van der Waals surface area (Å²) in [5.41, 5.74) is 0.730. The van der Waals surface area contributed by atoms with Crippen LogP contribution in [0.1, 0.15) is 17.4 Å². The van der Waals surface area contributed by atoms with Gasteiger partial charge in [0.1, 0.15) is 17.3 Å². The number of halogens is 4. The van der Waals surface area contributed by atoms with E-state index in [1.165, 1.54) is 19.2 Å². The molecule has 5 nitrogen and oxygen atoms in total. The Kier molecular flexibility index (Phi) is 6.80. The van der Waals surface area contributed by atoms with E-state index >= 15 is 0 Å². The molecule has 2 heterocycles. The first-order chi connectivity index (χ1) is 12.0. The second-order valence-corrected chi connectivity index (χ2v) is 5.66. The van der Waals surface area contributed by atoms with Crippen LogP contribution in [0.4, 0.5) is 13.2 Å².